The smallest absolute Gasteiger partial charge is 0.330 e. The van der Waals surface area contributed by atoms with Gasteiger partial charge in [-0.05, 0) is 30.4 Å². The molecular formula is C19H18O2. The van der Waals surface area contributed by atoms with Gasteiger partial charge in [-0.15, -0.1) is 0 Å². The summed E-state index contributed by atoms with van der Waals surface area (Å²) in [6.45, 7) is 2.08. The molecule has 0 amide bonds. The summed E-state index contributed by atoms with van der Waals surface area (Å²) < 4.78 is 4.53. The van der Waals surface area contributed by atoms with E-state index in [9.17, 15) is 4.79 Å². The molecule has 0 heterocycles. The van der Waals surface area contributed by atoms with Crippen LogP contribution in [0.15, 0.2) is 54.1 Å². The maximum atomic E-state index is 11.0. The Balaban J connectivity index is 2.74. The van der Waals surface area contributed by atoms with Gasteiger partial charge in [0.1, 0.15) is 0 Å². The highest BCUT2D eigenvalue weighted by Gasteiger charge is 1.91. The molecule has 1 aromatic carbocycles. The van der Waals surface area contributed by atoms with Gasteiger partial charge < -0.3 is 4.74 Å². The first kappa shape index (κ1) is 16.3. The number of hydrogen-bond donors (Lipinski definition) is 0. The van der Waals surface area contributed by atoms with Gasteiger partial charge >= 0.3 is 5.97 Å². The van der Waals surface area contributed by atoms with Gasteiger partial charge in [-0.3, -0.25) is 0 Å². The summed E-state index contributed by atoms with van der Waals surface area (Å²) in [5, 5.41) is 0. The molecule has 0 aliphatic heterocycles. The third kappa shape index (κ3) is 7.45. The monoisotopic (exact) mass is 278 g/mol. The molecule has 0 spiro atoms. The van der Waals surface area contributed by atoms with Crippen LogP contribution in [0.25, 0.3) is 0 Å². The quantitative estimate of drug-likeness (QED) is 0.365. The molecule has 1 aromatic rings. The van der Waals surface area contributed by atoms with E-state index in [0.717, 1.165) is 24.0 Å². The molecule has 0 atom stereocenters. The van der Waals surface area contributed by atoms with Gasteiger partial charge in [0.25, 0.3) is 0 Å². The summed E-state index contributed by atoms with van der Waals surface area (Å²) in [6.07, 6.45) is 6.67. The lowest BCUT2D eigenvalue weighted by Crippen LogP contribution is -1.92. The largest absolute Gasteiger partial charge is 0.466 e. The summed E-state index contributed by atoms with van der Waals surface area (Å²) in [5.74, 6) is 11.3. The van der Waals surface area contributed by atoms with E-state index in [0.29, 0.717) is 0 Å². The average Bonchev–Trinajstić information content (AvgIpc) is 2.52. The van der Waals surface area contributed by atoms with Crippen molar-refractivity contribution in [3.8, 4) is 23.7 Å². The highest BCUT2D eigenvalue weighted by atomic mass is 16.5. The summed E-state index contributed by atoms with van der Waals surface area (Å²) in [4.78, 5) is 11.0. The zero-order chi connectivity index (χ0) is 15.3. The third-order valence-corrected chi connectivity index (χ3v) is 2.52. The van der Waals surface area contributed by atoms with Crippen LogP contribution in [0.4, 0.5) is 0 Å². The molecule has 0 radical (unpaired) electrons. The highest BCUT2D eigenvalue weighted by molar-refractivity contribution is 5.82. The van der Waals surface area contributed by atoms with Crippen molar-refractivity contribution in [1.82, 2.24) is 0 Å². The maximum absolute atomic E-state index is 11.0. The normalized spacial score (nSPS) is 10.3. The number of allylic oxidation sites excluding steroid dienone is 3. The molecule has 0 saturated carbocycles. The van der Waals surface area contributed by atoms with E-state index in [1.807, 2.05) is 36.4 Å². The predicted octanol–water partition coefficient (Wildman–Crippen LogP) is 3.50. The van der Waals surface area contributed by atoms with Crippen LogP contribution in [0.3, 0.4) is 0 Å². The van der Waals surface area contributed by atoms with Gasteiger partial charge in [0.2, 0.25) is 0 Å². The predicted molar refractivity (Wildman–Crippen MR) is 85.2 cm³/mol. The standard InChI is InChI=1S/C19H18O2/c1-3-10-17(15-9-16-19(20)21-2)13-7-8-14-18-11-5-4-6-12-18/h4-6,9,11-12,15-16H,3,10H2,1-2H3/b16-9-,17-15-. The van der Waals surface area contributed by atoms with Crippen LogP contribution < -0.4 is 0 Å². The van der Waals surface area contributed by atoms with Crippen molar-refractivity contribution in [3.05, 3.63) is 59.7 Å². The Hall–Kier alpha value is -2.71. The van der Waals surface area contributed by atoms with E-state index >= 15 is 0 Å². The van der Waals surface area contributed by atoms with E-state index in [1.165, 1.54) is 13.2 Å². The third-order valence-electron chi connectivity index (χ3n) is 2.52. The lowest BCUT2D eigenvalue weighted by Gasteiger charge is -1.93. The summed E-state index contributed by atoms with van der Waals surface area (Å²) in [6, 6.07) is 9.72. The van der Waals surface area contributed by atoms with Crippen LogP contribution in [-0.2, 0) is 9.53 Å². The number of methoxy groups -OCH3 is 1. The van der Waals surface area contributed by atoms with Gasteiger partial charge in [-0.25, -0.2) is 4.79 Å². The fraction of sp³-hybridized carbons (Fsp3) is 0.211. The lowest BCUT2D eigenvalue weighted by atomic mass is 10.1. The first-order valence-electron chi connectivity index (χ1n) is 6.78. The highest BCUT2D eigenvalue weighted by Crippen LogP contribution is 2.03. The van der Waals surface area contributed by atoms with Crippen molar-refractivity contribution in [3.63, 3.8) is 0 Å². The molecule has 0 bridgehead atoms. The number of hydrogen-bond acceptors (Lipinski definition) is 2. The van der Waals surface area contributed by atoms with Gasteiger partial charge in [0.05, 0.1) is 7.11 Å². The topological polar surface area (TPSA) is 26.3 Å². The number of esters is 1. The van der Waals surface area contributed by atoms with E-state index in [4.69, 9.17) is 0 Å². The van der Waals surface area contributed by atoms with Crippen LogP contribution >= 0.6 is 0 Å². The van der Waals surface area contributed by atoms with Crippen molar-refractivity contribution in [2.75, 3.05) is 7.11 Å². The lowest BCUT2D eigenvalue weighted by molar-refractivity contribution is -0.134. The molecule has 106 valence electrons. The molecule has 0 saturated heterocycles. The zero-order valence-corrected chi connectivity index (χ0v) is 12.3. The number of rotatable bonds is 4. The fourth-order valence-electron chi connectivity index (χ4n) is 1.50. The summed E-state index contributed by atoms with van der Waals surface area (Å²) in [7, 11) is 1.35. The van der Waals surface area contributed by atoms with E-state index in [-0.39, 0.29) is 5.97 Å². The van der Waals surface area contributed by atoms with E-state index in [1.54, 1.807) is 6.08 Å². The molecule has 0 N–H and O–H groups in total. The van der Waals surface area contributed by atoms with Crippen LogP contribution in [-0.4, -0.2) is 13.1 Å². The van der Waals surface area contributed by atoms with Crippen molar-refractivity contribution in [1.29, 1.82) is 0 Å². The minimum atomic E-state index is -0.376. The second-order valence-corrected chi connectivity index (χ2v) is 4.19. The number of carbonyl (C=O) groups is 1. The van der Waals surface area contributed by atoms with Crippen LogP contribution in [0.5, 0.6) is 0 Å². The summed E-state index contributed by atoms with van der Waals surface area (Å²) >= 11 is 0. The Bertz CT molecular complexity index is 629. The average molecular weight is 278 g/mol. The first-order valence-corrected chi connectivity index (χ1v) is 6.78. The van der Waals surface area contributed by atoms with E-state index < -0.39 is 0 Å². The van der Waals surface area contributed by atoms with Gasteiger partial charge in [0, 0.05) is 17.2 Å². The van der Waals surface area contributed by atoms with Crippen molar-refractivity contribution >= 4 is 5.97 Å². The Morgan fingerprint density at radius 1 is 1.24 bits per heavy atom. The molecular weight excluding hydrogens is 260 g/mol. The zero-order valence-electron chi connectivity index (χ0n) is 12.3. The van der Waals surface area contributed by atoms with Crippen LogP contribution in [0, 0.1) is 23.7 Å². The van der Waals surface area contributed by atoms with E-state index in [2.05, 4.69) is 35.3 Å². The van der Waals surface area contributed by atoms with Gasteiger partial charge in [-0.2, -0.15) is 0 Å². The molecule has 0 fully saturated rings. The molecule has 21 heavy (non-hydrogen) atoms. The molecule has 0 unspecified atom stereocenters. The second-order valence-electron chi connectivity index (χ2n) is 4.19. The Morgan fingerprint density at radius 3 is 2.67 bits per heavy atom. The first-order chi connectivity index (χ1) is 10.3. The fourth-order valence-corrected chi connectivity index (χ4v) is 1.50. The molecule has 0 aromatic heterocycles. The number of ether oxygens (including phenoxy) is 1. The Morgan fingerprint density at radius 2 is 2.00 bits per heavy atom. The van der Waals surface area contributed by atoms with Gasteiger partial charge in [-0.1, -0.05) is 55.5 Å². The van der Waals surface area contributed by atoms with Gasteiger partial charge in [0.15, 0.2) is 0 Å². The SMILES string of the molecule is CCC/C(C#CC#Cc1ccccc1)=C/C=C\C(=O)OC. The molecule has 0 aliphatic rings. The summed E-state index contributed by atoms with van der Waals surface area (Å²) in [5.41, 5.74) is 1.89. The molecule has 2 nitrogen and oxygen atoms in total. The Labute approximate surface area is 126 Å². The second kappa shape index (κ2) is 10.1. The van der Waals surface area contributed by atoms with Crippen molar-refractivity contribution in [2.24, 2.45) is 0 Å². The van der Waals surface area contributed by atoms with Crippen molar-refractivity contribution in [2.45, 2.75) is 19.8 Å². The minimum Gasteiger partial charge on any atom is -0.466 e. The number of benzene rings is 1. The Kier molecular flexibility index (Phi) is 7.88. The molecule has 1 rings (SSSR count). The van der Waals surface area contributed by atoms with Crippen LogP contribution in [0.2, 0.25) is 0 Å². The maximum Gasteiger partial charge on any atom is 0.330 e. The number of carbonyl (C=O) groups excluding carboxylic acids is 1. The van der Waals surface area contributed by atoms with Crippen LogP contribution in [0.1, 0.15) is 25.3 Å². The van der Waals surface area contributed by atoms with Crippen molar-refractivity contribution < 1.29 is 9.53 Å². The molecule has 0 aliphatic carbocycles. The molecule has 2 heteroatoms. The minimum absolute atomic E-state index is 0.376.